The highest BCUT2D eigenvalue weighted by Gasteiger charge is 2.35. The molecule has 4 N–H and O–H groups in total. The molecule has 10 nitrogen and oxygen atoms in total. The van der Waals surface area contributed by atoms with Gasteiger partial charge in [0.15, 0.2) is 5.69 Å². The number of rotatable bonds is 9. The van der Waals surface area contributed by atoms with Gasteiger partial charge in [-0.1, -0.05) is 43.2 Å². The van der Waals surface area contributed by atoms with Gasteiger partial charge in [0.2, 0.25) is 0 Å². The van der Waals surface area contributed by atoms with Crippen molar-refractivity contribution < 1.29 is 23.8 Å². The van der Waals surface area contributed by atoms with Gasteiger partial charge in [-0.05, 0) is 31.4 Å². The molecule has 2 aliphatic rings. The van der Waals surface area contributed by atoms with Crippen LogP contribution in [0.3, 0.4) is 0 Å². The van der Waals surface area contributed by atoms with Crippen LogP contribution in [-0.4, -0.2) is 76.9 Å². The first-order valence-electron chi connectivity index (χ1n) is 14.2. The predicted octanol–water partition coefficient (Wildman–Crippen LogP) is 4.37. The fourth-order valence-corrected chi connectivity index (χ4v) is 5.98. The molecule has 2 aromatic carbocycles. The van der Waals surface area contributed by atoms with Gasteiger partial charge in [-0.25, -0.2) is 14.2 Å². The number of nitrogens with one attached hydrogen (secondary N) is 3. The van der Waals surface area contributed by atoms with E-state index in [0.717, 1.165) is 31.2 Å². The third-order valence-electron chi connectivity index (χ3n) is 8.02. The number of anilines is 1. The van der Waals surface area contributed by atoms with Crippen molar-refractivity contribution in [2.75, 3.05) is 38.6 Å². The molecule has 2 fully saturated rings. The van der Waals surface area contributed by atoms with Crippen LogP contribution in [0, 0.1) is 5.82 Å². The van der Waals surface area contributed by atoms with E-state index < -0.39 is 11.9 Å². The molecule has 11 heteroatoms. The number of carboxylic acid groups (broad SMARTS) is 1. The summed E-state index contributed by atoms with van der Waals surface area (Å²) in [6, 6.07) is 13.8. The average molecular weight is 565 g/mol. The van der Waals surface area contributed by atoms with Crippen molar-refractivity contribution in [3.63, 3.8) is 0 Å². The second kappa shape index (κ2) is 13.0. The Bertz CT molecular complexity index is 1350. The summed E-state index contributed by atoms with van der Waals surface area (Å²) in [7, 11) is 1.50. The number of nitrogens with zero attached hydrogens (tertiary/aromatic N) is 3. The minimum absolute atomic E-state index is 0.116. The van der Waals surface area contributed by atoms with Gasteiger partial charge in [0.05, 0.1) is 36.9 Å². The van der Waals surface area contributed by atoms with Gasteiger partial charge in [-0.15, -0.1) is 0 Å². The van der Waals surface area contributed by atoms with E-state index in [4.69, 9.17) is 4.74 Å². The summed E-state index contributed by atoms with van der Waals surface area (Å²) >= 11 is 0. The molecule has 0 radical (unpaired) electrons. The number of carbonyl (C=O) groups is 2. The Morgan fingerprint density at radius 2 is 1.98 bits per heavy atom. The second-order valence-electron chi connectivity index (χ2n) is 10.5. The highest BCUT2D eigenvalue weighted by molar-refractivity contribution is 5.98. The number of hydrogen-bond acceptors (Lipinski definition) is 6. The van der Waals surface area contributed by atoms with Crippen molar-refractivity contribution in [2.24, 2.45) is 0 Å². The van der Waals surface area contributed by atoms with E-state index in [1.165, 1.54) is 13.2 Å². The van der Waals surface area contributed by atoms with Gasteiger partial charge in [0, 0.05) is 43.9 Å². The molecular weight excluding hydrogens is 527 g/mol. The highest BCUT2D eigenvalue weighted by atomic mass is 19.1. The fourth-order valence-electron chi connectivity index (χ4n) is 5.98. The molecule has 0 unspecified atom stereocenters. The molecule has 2 amide bonds. The normalized spacial score (nSPS) is 20.8. The SMILES string of the molecule is COc1ccc(NCC[C@@H]2CNCCN2C(=O)c2ncn([C@H]3CCCC[C@@H]3NC(=O)O)c2-c2ccccc2)c(F)c1. The quantitative estimate of drug-likeness (QED) is 0.305. The molecule has 1 aliphatic heterocycles. The third kappa shape index (κ3) is 6.45. The first-order chi connectivity index (χ1) is 20.0. The number of methoxy groups -OCH3 is 1. The molecule has 3 atom stereocenters. The van der Waals surface area contributed by atoms with Crippen LogP contribution in [0.4, 0.5) is 14.9 Å². The number of piperazine rings is 1. The van der Waals surface area contributed by atoms with Gasteiger partial charge in [0.1, 0.15) is 11.6 Å². The Labute approximate surface area is 238 Å². The molecule has 2 heterocycles. The van der Waals surface area contributed by atoms with E-state index >= 15 is 0 Å². The Kier molecular flexibility index (Phi) is 9.03. The minimum Gasteiger partial charge on any atom is -0.497 e. The van der Waals surface area contributed by atoms with Crippen molar-refractivity contribution >= 4 is 17.7 Å². The first-order valence-corrected chi connectivity index (χ1v) is 14.2. The van der Waals surface area contributed by atoms with E-state index in [1.807, 2.05) is 39.8 Å². The Balaban J connectivity index is 1.39. The standard InChI is InChI=1S/C30H37FN6O4/c1-41-22-11-12-24(23(31)17-22)33-14-13-21-18-32-15-16-36(21)29(38)27-28(20-7-3-2-4-8-20)37(19-34-27)26-10-6-5-9-25(26)35-30(39)40/h2-4,7-8,11-12,17,19,21,25-26,32-33,35H,5-6,9-10,13-16,18H2,1H3,(H,39,40)/t21-,25+,26+/m1/s1. The molecule has 5 rings (SSSR count). The summed E-state index contributed by atoms with van der Waals surface area (Å²) in [5.41, 5.74) is 2.30. The van der Waals surface area contributed by atoms with Gasteiger partial charge in [-0.3, -0.25) is 4.79 Å². The molecule has 41 heavy (non-hydrogen) atoms. The van der Waals surface area contributed by atoms with Crippen LogP contribution in [0.1, 0.15) is 48.6 Å². The maximum Gasteiger partial charge on any atom is 0.404 e. The lowest BCUT2D eigenvalue weighted by Crippen LogP contribution is -2.54. The van der Waals surface area contributed by atoms with Gasteiger partial charge >= 0.3 is 6.09 Å². The van der Waals surface area contributed by atoms with E-state index in [2.05, 4.69) is 20.9 Å². The van der Waals surface area contributed by atoms with Crippen LogP contribution in [0.15, 0.2) is 54.9 Å². The van der Waals surface area contributed by atoms with E-state index in [1.54, 1.807) is 18.5 Å². The van der Waals surface area contributed by atoms with Crippen molar-refractivity contribution in [2.45, 2.75) is 50.2 Å². The summed E-state index contributed by atoms with van der Waals surface area (Å²) in [4.78, 5) is 32.2. The maximum absolute atomic E-state index is 14.4. The zero-order valence-corrected chi connectivity index (χ0v) is 23.2. The van der Waals surface area contributed by atoms with Gasteiger partial charge < -0.3 is 35.3 Å². The number of benzene rings is 2. The second-order valence-corrected chi connectivity index (χ2v) is 10.5. The topological polar surface area (TPSA) is 121 Å². The predicted molar refractivity (Wildman–Crippen MR) is 154 cm³/mol. The van der Waals surface area contributed by atoms with Crippen LogP contribution in [-0.2, 0) is 0 Å². The number of carbonyl (C=O) groups excluding carboxylic acids is 1. The molecular formula is C30H37FN6O4. The van der Waals surface area contributed by atoms with Crippen molar-refractivity contribution in [1.29, 1.82) is 0 Å². The summed E-state index contributed by atoms with van der Waals surface area (Å²) in [6.07, 6.45) is 4.68. The smallest absolute Gasteiger partial charge is 0.404 e. The first kappa shape index (κ1) is 28.4. The van der Waals surface area contributed by atoms with Crippen LogP contribution in [0.2, 0.25) is 0 Å². The van der Waals surface area contributed by atoms with Crippen LogP contribution in [0.5, 0.6) is 5.75 Å². The molecule has 0 spiro atoms. The summed E-state index contributed by atoms with van der Waals surface area (Å²) in [6.45, 7) is 2.28. The molecule has 0 bridgehead atoms. The summed E-state index contributed by atoms with van der Waals surface area (Å²) in [5, 5.41) is 18.7. The zero-order chi connectivity index (χ0) is 28.8. The van der Waals surface area contributed by atoms with Crippen molar-refractivity contribution in [1.82, 2.24) is 25.1 Å². The number of halogens is 1. The monoisotopic (exact) mass is 564 g/mol. The van der Waals surface area contributed by atoms with E-state index in [9.17, 15) is 19.1 Å². The van der Waals surface area contributed by atoms with Crippen LogP contribution in [0.25, 0.3) is 11.3 Å². The molecule has 3 aromatic rings. The lowest BCUT2D eigenvalue weighted by atomic mass is 9.89. The average Bonchev–Trinajstić information content (AvgIpc) is 3.43. The Morgan fingerprint density at radius 1 is 1.17 bits per heavy atom. The Morgan fingerprint density at radius 3 is 2.73 bits per heavy atom. The van der Waals surface area contributed by atoms with Crippen LogP contribution < -0.4 is 20.7 Å². The highest BCUT2D eigenvalue weighted by Crippen LogP contribution is 2.35. The molecule has 218 valence electrons. The molecule has 1 saturated heterocycles. The largest absolute Gasteiger partial charge is 0.497 e. The summed E-state index contributed by atoms with van der Waals surface area (Å²) < 4.78 is 21.5. The Hall–Kier alpha value is -4.12. The van der Waals surface area contributed by atoms with E-state index in [-0.39, 0.29) is 24.0 Å². The molecule has 1 aliphatic carbocycles. The number of hydrogen-bond donors (Lipinski definition) is 4. The number of imidazole rings is 1. The lowest BCUT2D eigenvalue weighted by Gasteiger charge is -2.36. The van der Waals surface area contributed by atoms with Crippen molar-refractivity contribution in [3.8, 4) is 17.0 Å². The maximum atomic E-state index is 14.4. The molecule has 1 saturated carbocycles. The fraction of sp³-hybridized carbons (Fsp3) is 0.433. The molecule has 1 aromatic heterocycles. The zero-order valence-electron chi connectivity index (χ0n) is 23.2. The lowest BCUT2D eigenvalue weighted by molar-refractivity contribution is 0.0624. The third-order valence-corrected chi connectivity index (χ3v) is 8.02. The van der Waals surface area contributed by atoms with Crippen molar-refractivity contribution in [3.05, 3.63) is 66.4 Å². The number of amides is 2. The van der Waals surface area contributed by atoms with E-state index in [0.29, 0.717) is 55.4 Å². The van der Waals surface area contributed by atoms with Gasteiger partial charge in [-0.2, -0.15) is 0 Å². The van der Waals surface area contributed by atoms with Crippen LogP contribution >= 0.6 is 0 Å². The van der Waals surface area contributed by atoms with Gasteiger partial charge in [0.25, 0.3) is 5.91 Å². The summed E-state index contributed by atoms with van der Waals surface area (Å²) in [5.74, 6) is -0.105. The number of aromatic nitrogens is 2. The number of ether oxygens (including phenoxy) is 1. The minimum atomic E-state index is -1.05.